The van der Waals surface area contributed by atoms with Crippen LogP contribution in [0.1, 0.15) is 29.9 Å². The van der Waals surface area contributed by atoms with Gasteiger partial charge in [0.05, 0.1) is 21.7 Å². The second kappa shape index (κ2) is 7.48. The van der Waals surface area contributed by atoms with Crippen molar-refractivity contribution in [2.24, 2.45) is 0 Å². The minimum absolute atomic E-state index is 0.0281. The second-order valence-corrected chi connectivity index (χ2v) is 9.84. The Labute approximate surface area is 184 Å². The smallest absolute Gasteiger partial charge is 0.253 e. The topological polar surface area (TPSA) is 97.7 Å². The number of hydrogen-bond donors (Lipinski definition) is 1. The highest BCUT2D eigenvalue weighted by Gasteiger charge is 2.34. The Morgan fingerprint density at radius 3 is 2.56 bits per heavy atom. The summed E-state index contributed by atoms with van der Waals surface area (Å²) in [5, 5.41) is 7.94. The van der Waals surface area contributed by atoms with E-state index in [0.29, 0.717) is 27.7 Å². The van der Waals surface area contributed by atoms with Crippen molar-refractivity contribution in [2.45, 2.75) is 29.8 Å². The summed E-state index contributed by atoms with van der Waals surface area (Å²) < 4.78 is 67.4. The van der Waals surface area contributed by atoms with Crippen molar-refractivity contribution >= 4 is 37.4 Å². The molecule has 1 saturated carbocycles. The van der Waals surface area contributed by atoms with Crippen LogP contribution in [0.2, 0.25) is 0 Å². The van der Waals surface area contributed by atoms with Crippen LogP contribution in [0.25, 0.3) is 22.2 Å². The summed E-state index contributed by atoms with van der Waals surface area (Å²) in [5.41, 5.74) is 2.71. The van der Waals surface area contributed by atoms with Crippen LogP contribution in [0.5, 0.6) is 0 Å². The number of rotatable bonds is 5. The van der Waals surface area contributed by atoms with Gasteiger partial charge in [0.2, 0.25) is 5.13 Å². The molecule has 2 heterocycles. The summed E-state index contributed by atoms with van der Waals surface area (Å²) in [7, 11) is -3.91. The van der Waals surface area contributed by atoms with Crippen LogP contribution in [-0.2, 0) is 16.2 Å². The molecule has 0 atom stereocenters. The fraction of sp³-hybridized carbons (Fsp3) is 0.200. The van der Waals surface area contributed by atoms with Crippen molar-refractivity contribution in [3.8, 4) is 11.3 Å². The molecule has 1 aliphatic rings. The average molecular weight is 477 g/mol. The van der Waals surface area contributed by atoms with E-state index in [1.54, 1.807) is 6.07 Å². The molecular weight excluding hydrogens is 463 g/mol. The first-order valence-electron chi connectivity index (χ1n) is 9.48. The summed E-state index contributed by atoms with van der Waals surface area (Å²) in [4.78, 5) is 8.47. The van der Waals surface area contributed by atoms with Crippen LogP contribution >= 0.6 is 11.3 Å². The van der Waals surface area contributed by atoms with E-state index in [4.69, 9.17) is 0 Å². The first kappa shape index (κ1) is 20.8. The summed E-state index contributed by atoms with van der Waals surface area (Å²) in [6, 6.07) is 8.02. The number of alkyl halides is 3. The SMILES string of the molecule is O=S(=O)(Nc1nncs1)c1ccc2c(-c3ccc(C(F)(F)F)cc3C3CC3)ncnc2c1. The molecule has 2 aromatic heterocycles. The first-order chi connectivity index (χ1) is 15.2. The highest BCUT2D eigenvalue weighted by molar-refractivity contribution is 7.93. The van der Waals surface area contributed by atoms with Crippen molar-refractivity contribution < 1.29 is 21.6 Å². The van der Waals surface area contributed by atoms with Gasteiger partial charge in [0.25, 0.3) is 10.0 Å². The molecule has 0 unspecified atom stereocenters. The van der Waals surface area contributed by atoms with Gasteiger partial charge in [-0.3, -0.25) is 4.72 Å². The number of benzene rings is 2. The molecule has 32 heavy (non-hydrogen) atoms. The Morgan fingerprint density at radius 2 is 1.88 bits per heavy atom. The van der Waals surface area contributed by atoms with Gasteiger partial charge in [-0.15, -0.1) is 10.2 Å². The van der Waals surface area contributed by atoms with Gasteiger partial charge in [-0.25, -0.2) is 18.4 Å². The fourth-order valence-electron chi connectivity index (χ4n) is 3.50. The molecule has 4 aromatic rings. The number of fused-ring (bicyclic) bond motifs is 1. The number of aromatic nitrogens is 4. The van der Waals surface area contributed by atoms with E-state index in [1.165, 1.54) is 36.1 Å². The monoisotopic (exact) mass is 477 g/mol. The molecule has 1 N–H and O–H groups in total. The quantitative estimate of drug-likeness (QED) is 0.442. The molecule has 0 amide bonds. The maximum absolute atomic E-state index is 13.2. The maximum atomic E-state index is 13.2. The Hall–Kier alpha value is -3.12. The van der Waals surface area contributed by atoms with Gasteiger partial charge in [-0.05, 0) is 54.7 Å². The number of hydrogen-bond acceptors (Lipinski definition) is 7. The first-order valence-corrected chi connectivity index (χ1v) is 11.8. The molecule has 2 aromatic carbocycles. The van der Waals surface area contributed by atoms with Gasteiger partial charge in [0.1, 0.15) is 11.8 Å². The zero-order valence-electron chi connectivity index (χ0n) is 16.2. The summed E-state index contributed by atoms with van der Waals surface area (Å²) in [6.45, 7) is 0. The van der Waals surface area contributed by atoms with Crippen LogP contribution < -0.4 is 4.72 Å². The Balaban J connectivity index is 1.59. The van der Waals surface area contributed by atoms with E-state index in [2.05, 4.69) is 24.9 Å². The highest BCUT2D eigenvalue weighted by atomic mass is 32.2. The van der Waals surface area contributed by atoms with E-state index in [0.717, 1.165) is 30.2 Å². The van der Waals surface area contributed by atoms with Crippen LogP contribution in [-0.4, -0.2) is 28.6 Å². The number of nitrogens with one attached hydrogen (secondary N) is 1. The minimum Gasteiger partial charge on any atom is -0.253 e. The molecule has 5 rings (SSSR count). The average Bonchev–Trinajstić information content (AvgIpc) is 3.49. The predicted molar refractivity (Wildman–Crippen MR) is 113 cm³/mol. The third kappa shape index (κ3) is 3.91. The van der Waals surface area contributed by atoms with E-state index in [-0.39, 0.29) is 15.9 Å². The maximum Gasteiger partial charge on any atom is 0.416 e. The summed E-state index contributed by atoms with van der Waals surface area (Å²) >= 11 is 1.04. The standard InChI is InChI=1S/C20H14F3N5O2S2/c21-20(22,23)12-3-5-14(16(7-12)11-1-2-11)18-15-6-4-13(8-17(15)24-9-25-18)32(29,30)28-19-27-26-10-31-19/h3-11H,1-2H2,(H,27,28). The zero-order valence-corrected chi connectivity index (χ0v) is 17.8. The lowest BCUT2D eigenvalue weighted by Gasteiger charge is -2.14. The van der Waals surface area contributed by atoms with Gasteiger partial charge in [-0.2, -0.15) is 13.2 Å². The van der Waals surface area contributed by atoms with Gasteiger partial charge >= 0.3 is 6.18 Å². The highest BCUT2D eigenvalue weighted by Crippen LogP contribution is 2.46. The van der Waals surface area contributed by atoms with Crippen molar-refractivity contribution in [1.82, 2.24) is 20.2 Å². The Morgan fingerprint density at radius 1 is 1.06 bits per heavy atom. The molecule has 0 saturated heterocycles. The van der Waals surface area contributed by atoms with Crippen molar-refractivity contribution in [2.75, 3.05) is 4.72 Å². The summed E-state index contributed by atoms with van der Waals surface area (Å²) in [6.07, 6.45) is -1.52. The molecule has 12 heteroatoms. The third-order valence-electron chi connectivity index (χ3n) is 5.15. The third-order valence-corrected chi connectivity index (χ3v) is 7.22. The van der Waals surface area contributed by atoms with Crippen molar-refractivity contribution in [3.05, 3.63) is 59.4 Å². The summed E-state index contributed by atoms with van der Waals surface area (Å²) in [5.74, 6) is 0.0491. The van der Waals surface area contributed by atoms with Crippen LogP contribution in [0.4, 0.5) is 18.3 Å². The van der Waals surface area contributed by atoms with Crippen molar-refractivity contribution in [1.29, 1.82) is 0 Å². The second-order valence-electron chi connectivity index (χ2n) is 7.32. The van der Waals surface area contributed by atoms with Crippen LogP contribution in [0.15, 0.2) is 53.1 Å². The normalized spacial score (nSPS) is 14.6. The van der Waals surface area contributed by atoms with Gasteiger partial charge in [-0.1, -0.05) is 17.4 Å². The van der Waals surface area contributed by atoms with Crippen LogP contribution in [0.3, 0.4) is 0 Å². The number of anilines is 1. The van der Waals surface area contributed by atoms with E-state index in [9.17, 15) is 21.6 Å². The molecule has 1 fully saturated rings. The van der Waals surface area contributed by atoms with Gasteiger partial charge < -0.3 is 0 Å². The Bertz CT molecular complexity index is 1420. The molecule has 164 valence electrons. The van der Waals surface area contributed by atoms with Crippen molar-refractivity contribution in [3.63, 3.8) is 0 Å². The van der Waals surface area contributed by atoms with E-state index < -0.39 is 21.8 Å². The molecule has 0 radical (unpaired) electrons. The van der Waals surface area contributed by atoms with E-state index >= 15 is 0 Å². The number of halogens is 3. The molecule has 1 aliphatic carbocycles. The fourth-order valence-corrected chi connectivity index (χ4v) is 5.21. The lowest BCUT2D eigenvalue weighted by Crippen LogP contribution is -2.13. The largest absolute Gasteiger partial charge is 0.416 e. The lowest BCUT2D eigenvalue weighted by molar-refractivity contribution is -0.137. The number of sulfonamides is 1. The predicted octanol–water partition coefficient (Wildman–Crippen LogP) is 4.85. The molecule has 0 spiro atoms. The zero-order chi connectivity index (χ0) is 22.5. The van der Waals surface area contributed by atoms with E-state index in [1.807, 2.05) is 0 Å². The van der Waals surface area contributed by atoms with Gasteiger partial charge in [0.15, 0.2) is 0 Å². The van der Waals surface area contributed by atoms with Gasteiger partial charge in [0, 0.05) is 10.9 Å². The Kier molecular flexibility index (Phi) is 4.86. The molecule has 0 bridgehead atoms. The number of nitrogens with zero attached hydrogens (tertiary/aromatic N) is 4. The molecular formula is C20H14F3N5O2S2. The lowest BCUT2D eigenvalue weighted by atomic mass is 9.95. The minimum atomic E-state index is -4.43. The molecule has 7 nitrogen and oxygen atoms in total. The molecule has 0 aliphatic heterocycles. The van der Waals surface area contributed by atoms with Crippen LogP contribution in [0, 0.1) is 0 Å².